The van der Waals surface area contributed by atoms with E-state index in [2.05, 4.69) is 79.7 Å². The lowest BCUT2D eigenvalue weighted by Gasteiger charge is -2.45. The minimum absolute atomic E-state index is 0.0267. The molecule has 0 heterocycles. The fraction of sp³-hybridized carbons (Fsp3) is 0.810. The zero-order chi connectivity index (χ0) is 18.1. The first-order valence-corrected chi connectivity index (χ1v) is 9.44. The highest BCUT2D eigenvalue weighted by Gasteiger charge is 2.40. The molecular weight excluding hydrogens is 279 g/mol. The van der Waals surface area contributed by atoms with Crippen LogP contribution in [0.5, 0.6) is 0 Å². The summed E-state index contributed by atoms with van der Waals surface area (Å²) < 4.78 is 6.42. The number of hydrogen-bond donors (Lipinski definition) is 0. The van der Waals surface area contributed by atoms with Crippen molar-refractivity contribution >= 4 is 7.85 Å². The van der Waals surface area contributed by atoms with Crippen molar-refractivity contribution in [2.45, 2.75) is 98.6 Å². The maximum Gasteiger partial charge on any atom is 0.113 e. The molecule has 0 spiro atoms. The van der Waals surface area contributed by atoms with Crippen LogP contribution in [-0.2, 0) is 4.74 Å². The number of hydrogen-bond acceptors (Lipinski definition) is 1. The summed E-state index contributed by atoms with van der Waals surface area (Å²) in [7, 11) is 6.43. The van der Waals surface area contributed by atoms with Gasteiger partial charge < -0.3 is 4.74 Å². The molecule has 0 aliphatic carbocycles. The molecule has 0 N–H and O–H groups in total. The van der Waals surface area contributed by atoms with Gasteiger partial charge in [-0.25, -0.2) is 0 Å². The SMILES string of the molecule is [B]C(CC)(CC)OC(C)(C)CC(C=CC)(C=CC)C(CC)CC. The second-order valence-corrected chi connectivity index (χ2v) is 7.44. The minimum Gasteiger partial charge on any atom is -0.379 e. The van der Waals surface area contributed by atoms with Crippen molar-refractivity contribution in [3.8, 4) is 0 Å². The third-order valence-corrected chi connectivity index (χ3v) is 5.11. The fourth-order valence-corrected chi connectivity index (χ4v) is 3.98. The van der Waals surface area contributed by atoms with Crippen molar-refractivity contribution in [3.63, 3.8) is 0 Å². The number of ether oxygens (including phenoxy) is 1. The van der Waals surface area contributed by atoms with Gasteiger partial charge in [0.1, 0.15) is 7.85 Å². The Morgan fingerprint density at radius 2 is 1.35 bits per heavy atom. The Morgan fingerprint density at radius 1 is 0.913 bits per heavy atom. The Kier molecular flexibility index (Phi) is 9.51. The highest BCUT2D eigenvalue weighted by molar-refractivity contribution is 6.14. The first kappa shape index (κ1) is 22.5. The maximum atomic E-state index is 6.43. The average molecular weight is 318 g/mol. The first-order valence-electron chi connectivity index (χ1n) is 9.44. The van der Waals surface area contributed by atoms with Crippen LogP contribution in [0.4, 0.5) is 0 Å². The van der Waals surface area contributed by atoms with Gasteiger partial charge in [0.2, 0.25) is 0 Å². The van der Waals surface area contributed by atoms with Crippen LogP contribution in [0.25, 0.3) is 0 Å². The largest absolute Gasteiger partial charge is 0.379 e. The Balaban J connectivity index is 5.67. The molecule has 0 aromatic rings. The van der Waals surface area contributed by atoms with Gasteiger partial charge in [0.15, 0.2) is 0 Å². The van der Waals surface area contributed by atoms with E-state index in [1.54, 1.807) is 0 Å². The van der Waals surface area contributed by atoms with Crippen molar-refractivity contribution in [1.82, 2.24) is 0 Å². The summed E-state index contributed by atoms with van der Waals surface area (Å²) in [4.78, 5) is 0. The first-order chi connectivity index (χ1) is 10.7. The van der Waals surface area contributed by atoms with Gasteiger partial charge >= 0.3 is 0 Å². The molecule has 2 radical (unpaired) electrons. The standard InChI is InChI=1S/C21H39BO/c1-9-15-20(16-10-2,18(11-3)12-4)17-19(7,8)23-21(22,13-5)14-6/h9-10,15-16,18H,11-14,17H2,1-8H3. The quantitative estimate of drug-likeness (QED) is 0.315. The van der Waals surface area contributed by atoms with Crippen molar-refractivity contribution in [3.05, 3.63) is 24.3 Å². The van der Waals surface area contributed by atoms with Crippen LogP contribution < -0.4 is 0 Å². The van der Waals surface area contributed by atoms with E-state index in [0.717, 1.165) is 32.1 Å². The molecule has 0 aromatic heterocycles. The summed E-state index contributed by atoms with van der Waals surface area (Å²) in [6.07, 6.45) is 14.0. The molecule has 0 aliphatic heterocycles. The van der Waals surface area contributed by atoms with Crippen LogP contribution in [0, 0.1) is 11.3 Å². The highest BCUT2D eigenvalue weighted by atomic mass is 16.5. The van der Waals surface area contributed by atoms with Crippen LogP contribution in [0.2, 0.25) is 0 Å². The smallest absolute Gasteiger partial charge is 0.113 e. The molecule has 2 heteroatoms. The Bertz CT molecular complexity index is 361. The summed E-state index contributed by atoms with van der Waals surface area (Å²) in [6.45, 7) is 17.4. The molecule has 23 heavy (non-hydrogen) atoms. The molecule has 1 nitrogen and oxygen atoms in total. The van der Waals surface area contributed by atoms with Crippen LogP contribution in [-0.4, -0.2) is 18.9 Å². The average Bonchev–Trinajstić information content (AvgIpc) is 2.47. The van der Waals surface area contributed by atoms with Crippen LogP contribution in [0.1, 0.15) is 87.5 Å². The molecule has 132 valence electrons. The topological polar surface area (TPSA) is 9.23 Å². The molecule has 0 aromatic carbocycles. The van der Waals surface area contributed by atoms with Gasteiger partial charge in [-0.1, -0.05) is 64.8 Å². The summed E-state index contributed by atoms with van der Waals surface area (Å²) in [5, 5.41) is 0. The van der Waals surface area contributed by atoms with Crippen LogP contribution in [0.15, 0.2) is 24.3 Å². The molecule has 0 rings (SSSR count). The van der Waals surface area contributed by atoms with E-state index in [1.165, 1.54) is 0 Å². The molecule has 0 saturated carbocycles. The molecule has 0 amide bonds. The normalized spacial score (nSPS) is 16.6. The monoisotopic (exact) mass is 318 g/mol. The maximum absolute atomic E-state index is 6.43. The number of rotatable bonds is 11. The summed E-state index contributed by atoms with van der Waals surface area (Å²) in [6, 6.07) is 0. The molecule has 0 atom stereocenters. The van der Waals surface area contributed by atoms with Gasteiger partial charge in [-0.2, -0.15) is 0 Å². The lowest BCUT2D eigenvalue weighted by molar-refractivity contribution is -0.116. The van der Waals surface area contributed by atoms with Gasteiger partial charge in [-0.3, -0.25) is 0 Å². The van der Waals surface area contributed by atoms with E-state index in [4.69, 9.17) is 12.6 Å². The molecule has 0 bridgehead atoms. The van der Waals surface area contributed by atoms with Gasteiger partial charge in [0, 0.05) is 10.9 Å². The Hall–Kier alpha value is -0.495. The zero-order valence-electron chi connectivity index (χ0n) is 16.9. The zero-order valence-corrected chi connectivity index (χ0v) is 16.9. The van der Waals surface area contributed by atoms with E-state index in [1.807, 2.05) is 0 Å². The lowest BCUT2D eigenvalue weighted by Crippen LogP contribution is -2.45. The van der Waals surface area contributed by atoms with E-state index < -0.39 is 5.50 Å². The molecule has 0 unspecified atom stereocenters. The van der Waals surface area contributed by atoms with Gasteiger partial charge in [-0.15, -0.1) is 0 Å². The van der Waals surface area contributed by atoms with Crippen LogP contribution >= 0.6 is 0 Å². The summed E-state index contributed by atoms with van der Waals surface area (Å²) in [5.41, 5.74) is -0.781. The van der Waals surface area contributed by atoms with E-state index in [-0.39, 0.29) is 11.0 Å². The van der Waals surface area contributed by atoms with Crippen molar-refractivity contribution < 1.29 is 4.74 Å². The highest BCUT2D eigenvalue weighted by Crippen LogP contribution is 2.44. The van der Waals surface area contributed by atoms with Gasteiger partial charge in [0.25, 0.3) is 0 Å². The number of allylic oxidation sites excluding steroid dienone is 4. The van der Waals surface area contributed by atoms with Crippen molar-refractivity contribution in [1.29, 1.82) is 0 Å². The van der Waals surface area contributed by atoms with Crippen molar-refractivity contribution in [2.24, 2.45) is 11.3 Å². The van der Waals surface area contributed by atoms with Crippen LogP contribution in [0.3, 0.4) is 0 Å². The fourth-order valence-electron chi connectivity index (χ4n) is 3.98. The molecule has 0 aliphatic rings. The predicted octanol–water partition coefficient (Wildman–Crippen LogP) is 6.43. The van der Waals surface area contributed by atoms with E-state index in [9.17, 15) is 0 Å². The summed E-state index contributed by atoms with van der Waals surface area (Å²) in [5.74, 6) is 0.605. The molecular formula is C21H39BO. The predicted molar refractivity (Wildman–Crippen MR) is 105 cm³/mol. The van der Waals surface area contributed by atoms with E-state index in [0.29, 0.717) is 5.92 Å². The summed E-state index contributed by atoms with van der Waals surface area (Å²) >= 11 is 0. The minimum atomic E-state index is -0.533. The molecule has 0 saturated heterocycles. The molecule has 0 fully saturated rings. The second kappa shape index (κ2) is 9.72. The third-order valence-electron chi connectivity index (χ3n) is 5.11. The lowest BCUT2D eigenvalue weighted by atomic mass is 9.66. The Labute approximate surface area is 147 Å². The van der Waals surface area contributed by atoms with Gasteiger partial charge in [-0.05, 0) is 52.9 Å². The third kappa shape index (κ3) is 6.49. The second-order valence-electron chi connectivity index (χ2n) is 7.44. The Morgan fingerprint density at radius 3 is 1.65 bits per heavy atom. The van der Waals surface area contributed by atoms with Gasteiger partial charge in [0.05, 0.1) is 5.60 Å². The van der Waals surface area contributed by atoms with E-state index >= 15 is 0 Å². The van der Waals surface area contributed by atoms with Crippen molar-refractivity contribution in [2.75, 3.05) is 0 Å².